The molecule has 1 N–H and O–H groups in total. The van der Waals surface area contributed by atoms with Crippen LogP contribution in [0.5, 0.6) is 11.5 Å². The Balaban J connectivity index is 1.34. The summed E-state index contributed by atoms with van der Waals surface area (Å²) in [5, 5.41) is 11.7. The zero-order valence-corrected chi connectivity index (χ0v) is 14.2. The molecule has 0 radical (unpaired) electrons. The molecule has 0 aliphatic carbocycles. The molecule has 0 atom stereocenters. The highest BCUT2D eigenvalue weighted by molar-refractivity contribution is 5.78. The fourth-order valence-corrected chi connectivity index (χ4v) is 3.03. The molecule has 0 spiro atoms. The number of carbonyl (C=O) groups is 1. The van der Waals surface area contributed by atoms with Gasteiger partial charge in [0.2, 0.25) is 12.7 Å². The number of aryl methyl sites for hydroxylation is 3. The van der Waals surface area contributed by atoms with E-state index in [9.17, 15) is 4.79 Å². The van der Waals surface area contributed by atoms with Crippen LogP contribution in [-0.4, -0.2) is 32.3 Å². The Labute approximate surface area is 144 Å². The number of benzene rings is 1. The van der Waals surface area contributed by atoms with Gasteiger partial charge in [-0.3, -0.25) is 14.2 Å². The number of aromatic nitrogens is 4. The van der Waals surface area contributed by atoms with Gasteiger partial charge in [-0.2, -0.15) is 10.2 Å². The molecule has 25 heavy (non-hydrogen) atoms. The van der Waals surface area contributed by atoms with E-state index >= 15 is 0 Å². The van der Waals surface area contributed by atoms with Crippen molar-refractivity contribution < 1.29 is 14.3 Å². The average molecular weight is 341 g/mol. The van der Waals surface area contributed by atoms with Crippen LogP contribution < -0.4 is 14.8 Å². The number of carbonyl (C=O) groups excluding carboxylic acids is 1. The Kier molecular flexibility index (Phi) is 3.79. The number of nitrogens with zero attached hydrogens (tertiary/aromatic N) is 4. The smallest absolute Gasteiger partial charge is 0.231 e. The Hall–Kier alpha value is -3.03. The fourth-order valence-electron chi connectivity index (χ4n) is 3.03. The van der Waals surface area contributed by atoms with Gasteiger partial charge < -0.3 is 14.8 Å². The lowest BCUT2D eigenvalue weighted by Crippen LogP contribution is -2.24. The van der Waals surface area contributed by atoms with Crippen molar-refractivity contribution in [3.63, 3.8) is 0 Å². The lowest BCUT2D eigenvalue weighted by atomic mass is 10.2. The summed E-state index contributed by atoms with van der Waals surface area (Å²) in [6.07, 6.45) is 2.13. The molecule has 1 amide bonds. The van der Waals surface area contributed by atoms with E-state index in [0.29, 0.717) is 19.5 Å². The summed E-state index contributed by atoms with van der Waals surface area (Å²) in [6, 6.07) is 5.66. The molecule has 8 heteroatoms. The van der Waals surface area contributed by atoms with Gasteiger partial charge in [0.15, 0.2) is 11.5 Å². The molecule has 1 aliphatic rings. The van der Waals surface area contributed by atoms with E-state index in [1.54, 1.807) is 10.9 Å². The van der Waals surface area contributed by atoms with Crippen molar-refractivity contribution in [1.29, 1.82) is 0 Å². The summed E-state index contributed by atoms with van der Waals surface area (Å²) in [5.74, 6) is 1.44. The van der Waals surface area contributed by atoms with Crippen LogP contribution in [0.25, 0.3) is 11.0 Å². The Morgan fingerprint density at radius 1 is 1.32 bits per heavy atom. The van der Waals surface area contributed by atoms with Crippen LogP contribution in [0.2, 0.25) is 0 Å². The molecule has 0 bridgehead atoms. The summed E-state index contributed by atoms with van der Waals surface area (Å²) >= 11 is 0. The van der Waals surface area contributed by atoms with Gasteiger partial charge in [-0.05, 0) is 24.6 Å². The van der Waals surface area contributed by atoms with Gasteiger partial charge in [-0.15, -0.1) is 0 Å². The lowest BCUT2D eigenvalue weighted by molar-refractivity contribution is -0.121. The highest BCUT2D eigenvalue weighted by Crippen LogP contribution is 2.32. The predicted molar refractivity (Wildman–Crippen MR) is 90.3 cm³/mol. The summed E-state index contributed by atoms with van der Waals surface area (Å²) in [5.41, 5.74) is 3.84. The normalized spacial score (nSPS) is 12.7. The van der Waals surface area contributed by atoms with Crippen molar-refractivity contribution in [3.8, 4) is 11.5 Å². The van der Waals surface area contributed by atoms with E-state index in [0.717, 1.165) is 33.8 Å². The maximum Gasteiger partial charge on any atom is 0.231 e. The lowest BCUT2D eigenvalue weighted by Gasteiger charge is -2.07. The molecule has 0 fully saturated rings. The third-order valence-corrected chi connectivity index (χ3v) is 4.29. The molecular weight excluding hydrogens is 322 g/mol. The first-order valence-electron chi connectivity index (χ1n) is 8.12. The monoisotopic (exact) mass is 341 g/mol. The van der Waals surface area contributed by atoms with E-state index in [4.69, 9.17) is 9.47 Å². The maximum absolute atomic E-state index is 12.1. The van der Waals surface area contributed by atoms with E-state index in [1.165, 1.54) is 0 Å². The van der Waals surface area contributed by atoms with Crippen molar-refractivity contribution >= 4 is 16.9 Å². The second-order valence-corrected chi connectivity index (χ2v) is 6.02. The standard InChI is InChI=1S/C17H19N5O3/c1-11-17-13(21(2)20-11)9-19-22(17)6-5-16(23)18-8-12-3-4-14-15(7-12)25-10-24-14/h3-4,7,9H,5-6,8,10H2,1-2H3,(H,18,23). The van der Waals surface area contributed by atoms with Crippen LogP contribution >= 0.6 is 0 Å². The molecule has 3 heterocycles. The third kappa shape index (κ3) is 2.90. The number of hydrogen-bond donors (Lipinski definition) is 1. The Bertz CT molecular complexity index is 943. The van der Waals surface area contributed by atoms with Gasteiger partial charge >= 0.3 is 0 Å². The first-order valence-corrected chi connectivity index (χ1v) is 8.12. The summed E-state index contributed by atoms with van der Waals surface area (Å²) < 4.78 is 14.3. The minimum absolute atomic E-state index is 0.0251. The molecule has 8 nitrogen and oxygen atoms in total. The van der Waals surface area contributed by atoms with Gasteiger partial charge in [0, 0.05) is 20.0 Å². The van der Waals surface area contributed by atoms with E-state index in [-0.39, 0.29) is 12.7 Å². The molecule has 1 aliphatic heterocycles. The van der Waals surface area contributed by atoms with Crippen LogP contribution in [0.1, 0.15) is 17.7 Å². The molecule has 0 saturated heterocycles. The second kappa shape index (κ2) is 6.12. The van der Waals surface area contributed by atoms with Gasteiger partial charge in [0.05, 0.1) is 18.4 Å². The molecule has 0 saturated carbocycles. The number of hydrogen-bond acceptors (Lipinski definition) is 5. The van der Waals surface area contributed by atoms with Crippen molar-refractivity contribution in [1.82, 2.24) is 24.9 Å². The van der Waals surface area contributed by atoms with Crippen molar-refractivity contribution in [2.24, 2.45) is 7.05 Å². The van der Waals surface area contributed by atoms with E-state index in [2.05, 4.69) is 15.5 Å². The Morgan fingerprint density at radius 3 is 3.04 bits per heavy atom. The second-order valence-electron chi connectivity index (χ2n) is 6.02. The molecule has 0 unspecified atom stereocenters. The number of fused-ring (bicyclic) bond motifs is 2. The van der Waals surface area contributed by atoms with Crippen LogP contribution in [-0.2, 0) is 24.9 Å². The van der Waals surface area contributed by atoms with Gasteiger partial charge in [0.25, 0.3) is 0 Å². The van der Waals surface area contributed by atoms with Crippen molar-refractivity contribution in [2.45, 2.75) is 26.4 Å². The summed E-state index contributed by atoms with van der Waals surface area (Å²) in [6.45, 7) is 3.16. The minimum Gasteiger partial charge on any atom is -0.454 e. The fraction of sp³-hybridized carbons (Fsp3) is 0.353. The molecular formula is C17H19N5O3. The van der Waals surface area contributed by atoms with Gasteiger partial charge in [-0.25, -0.2) is 0 Å². The topological polar surface area (TPSA) is 83.2 Å². The first kappa shape index (κ1) is 15.5. The summed E-state index contributed by atoms with van der Waals surface area (Å²) in [4.78, 5) is 12.1. The van der Waals surface area contributed by atoms with E-state index < -0.39 is 0 Å². The molecule has 2 aromatic heterocycles. The highest BCUT2D eigenvalue weighted by atomic mass is 16.7. The highest BCUT2D eigenvalue weighted by Gasteiger charge is 2.14. The van der Waals surface area contributed by atoms with Crippen molar-refractivity contribution in [3.05, 3.63) is 35.7 Å². The number of amides is 1. The quantitative estimate of drug-likeness (QED) is 0.761. The third-order valence-electron chi connectivity index (χ3n) is 4.29. The van der Waals surface area contributed by atoms with Crippen molar-refractivity contribution in [2.75, 3.05) is 6.79 Å². The van der Waals surface area contributed by atoms with Crippen LogP contribution in [0.4, 0.5) is 0 Å². The summed E-state index contributed by atoms with van der Waals surface area (Å²) in [7, 11) is 1.89. The maximum atomic E-state index is 12.1. The largest absolute Gasteiger partial charge is 0.454 e. The van der Waals surface area contributed by atoms with E-state index in [1.807, 2.05) is 36.9 Å². The predicted octanol–water partition coefficient (Wildman–Crippen LogP) is 1.51. The Morgan fingerprint density at radius 2 is 2.16 bits per heavy atom. The molecule has 130 valence electrons. The zero-order chi connectivity index (χ0) is 17.4. The van der Waals surface area contributed by atoms with Gasteiger partial charge in [-0.1, -0.05) is 6.07 Å². The first-order chi connectivity index (χ1) is 12.1. The average Bonchev–Trinajstić information content (AvgIpc) is 3.29. The SMILES string of the molecule is Cc1nn(C)c2cnn(CCC(=O)NCc3ccc4c(c3)OCO4)c12. The molecule has 1 aromatic carbocycles. The van der Waals surface area contributed by atoms with Gasteiger partial charge in [0.1, 0.15) is 11.0 Å². The minimum atomic E-state index is -0.0251. The van der Waals surface area contributed by atoms with Crippen LogP contribution in [0.3, 0.4) is 0 Å². The number of ether oxygens (including phenoxy) is 2. The van der Waals surface area contributed by atoms with Crippen LogP contribution in [0, 0.1) is 6.92 Å². The number of rotatable bonds is 5. The molecule has 3 aromatic rings. The molecule has 4 rings (SSSR count). The zero-order valence-electron chi connectivity index (χ0n) is 14.2. The number of nitrogens with one attached hydrogen (secondary N) is 1. The van der Waals surface area contributed by atoms with Crippen LogP contribution in [0.15, 0.2) is 24.4 Å².